The van der Waals surface area contributed by atoms with Crippen LogP contribution in [0.4, 0.5) is 0 Å². The van der Waals surface area contributed by atoms with Crippen molar-refractivity contribution in [3.8, 4) is 0 Å². The summed E-state index contributed by atoms with van der Waals surface area (Å²) < 4.78 is 5.68. The number of rotatable bonds is 4. The van der Waals surface area contributed by atoms with E-state index in [4.69, 9.17) is 4.74 Å². The van der Waals surface area contributed by atoms with E-state index in [0.717, 1.165) is 19.6 Å². The molecule has 6 nitrogen and oxygen atoms in total. The molecule has 0 spiro atoms. The van der Waals surface area contributed by atoms with E-state index < -0.39 is 0 Å². The molecule has 1 aliphatic heterocycles. The maximum Gasteiger partial charge on any atom is 0.254 e. The molecule has 1 amide bonds. The molecule has 2 heterocycles. The number of ether oxygens (including phenoxy) is 1. The van der Waals surface area contributed by atoms with E-state index in [1.54, 1.807) is 6.20 Å². The van der Waals surface area contributed by atoms with Crippen molar-refractivity contribution < 1.29 is 9.53 Å². The number of carbonyl (C=O) groups is 1. The quantitative estimate of drug-likeness (QED) is 0.874. The first-order valence-corrected chi connectivity index (χ1v) is 6.99. The molecule has 0 aliphatic carbocycles. The lowest BCUT2D eigenvalue weighted by Crippen LogP contribution is -2.47. The number of hydrogen-bond donors (Lipinski definition) is 1. The molecule has 6 heteroatoms. The molecular formula is C14H22N4O2. The number of morpholine rings is 1. The smallest absolute Gasteiger partial charge is 0.254 e. The Balaban J connectivity index is 1.78. The number of amides is 1. The van der Waals surface area contributed by atoms with E-state index in [-0.39, 0.29) is 18.1 Å². The van der Waals surface area contributed by atoms with Crippen LogP contribution in [0, 0.1) is 6.92 Å². The van der Waals surface area contributed by atoms with Crippen LogP contribution in [0.2, 0.25) is 0 Å². The van der Waals surface area contributed by atoms with Crippen LogP contribution < -0.4 is 5.32 Å². The Morgan fingerprint density at radius 3 is 2.80 bits per heavy atom. The van der Waals surface area contributed by atoms with Crippen LogP contribution in [0.3, 0.4) is 0 Å². The minimum Gasteiger partial charge on any atom is -0.373 e. The highest BCUT2D eigenvalue weighted by molar-refractivity contribution is 5.94. The van der Waals surface area contributed by atoms with Crippen LogP contribution in [0.5, 0.6) is 0 Å². The zero-order valence-electron chi connectivity index (χ0n) is 12.3. The van der Waals surface area contributed by atoms with Crippen molar-refractivity contribution in [2.75, 3.05) is 26.2 Å². The topological polar surface area (TPSA) is 67.4 Å². The molecule has 0 bridgehead atoms. The van der Waals surface area contributed by atoms with Crippen molar-refractivity contribution in [3.05, 3.63) is 23.8 Å². The monoisotopic (exact) mass is 278 g/mol. The van der Waals surface area contributed by atoms with Gasteiger partial charge in [-0.15, -0.1) is 0 Å². The van der Waals surface area contributed by atoms with Crippen molar-refractivity contribution in [2.45, 2.75) is 33.0 Å². The molecular weight excluding hydrogens is 256 g/mol. The maximum atomic E-state index is 12.0. The first-order valence-electron chi connectivity index (χ1n) is 6.99. The van der Waals surface area contributed by atoms with Crippen LogP contribution in [-0.2, 0) is 4.74 Å². The third kappa shape index (κ3) is 3.98. The molecule has 0 radical (unpaired) electrons. The first-order chi connectivity index (χ1) is 9.56. The van der Waals surface area contributed by atoms with E-state index in [0.29, 0.717) is 17.8 Å². The minimum atomic E-state index is -0.113. The Morgan fingerprint density at radius 1 is 1.45 bits per heavy atom. The summed E-state index contributed by atoms with van der Waals surface area (Å²) in [6.45, 7) is 9.23. The van der Waals surface area contributed by atoms with Crippen LogP contribution in [0.1, 0.15) is 29.9 Å². The molecule has 1 aromatic heterocycles. The molecule has 2 atom stereocenters. The van der Waals surface area contributed by atoms with Gasteiger partial charge in [-0.25, -0.2) is 9.97 Å². The van der Waals surface area contributed by atoms with Gasteiger partial charge in [0.25, 0.3) is 5.91 Å². The van der Waals surface area contributed by atoms with E-state index in [1.807, 2.05) is 6.92 Å². The first kappa shape index (κ1) is 14.9. The summed E-state index contributed by atoms with van der Waals surface area (Å²) in [5.74, 6) is -0.113. The number of aryl methyl sites for hydroxylation is 1. The largest absolute Gasteiger partial charge is 0.373 e. The highest BCUT2D eigenvalue weighted by atomic mass is 16.5. The summed E-state index contributed by atoms with van der Waals surface area (Å²) in [5, 5.41) is 2.92. The maximum absolute atomic E-state index is 12.0. The summed E-state index contributed by atoms with van der Waals surface area (Å²) in [5.41, 5.74) is 1.24. The van der Waals surface area contributed by atoms with Gasteiger partial charge in [0.2, 0.25) is 0 Å². The summed E-state index contributed by atoms with van der Waals surface area (Å²) in [6.07, 6.45) is 3.50. The second kappa shape index (κ2) is 6.76. The van der Waals surface area contributed by atoms with Gasteiger partial charge in [-0.3, -0.25) is 9.69 Å². The molecule has 2 rings (SSSR count). The lowest BCUT2D eigenvalue weighted by atomic mass is 10.2. The van der Waals surface area contributed by atoms with Crippen LogP contribution in [0.15, 0.2) is 12.5 Å². The minimum absolute atomic E-state index is 0.113. The molecule has 1 fully saturated rings. The highest BCUT2D eigenvalue weighted by Crippen LogP contribution is 2.09. The van der Waals surface area contributed by atoms with Gasteiger partial charge in [0.15, 0.2) is 0 Å². The van der Waals surface area contributed by atoms with E-state index in [1.165, 1.54) is 6.33 Å². The van der Waals surface area contributed by atoms with Crippen molar-refractivity contribution in [3.63, 3.8) is 0 Å². The van der Waals surface area contributed by atoms with Crippen molar-refractivity contribution in [1.82, 2.24) is 20.2 Å². The zero-order chi connectivity index (χ0) is 14.5. The molecule has 1 aliphatic rings. The number of hydrogen-bond acceptors (Lipinski definition) is 5. The predicted octanol–water partition coefficient (Wildman–Crippen LogP) is 0.624. The van der Waals surface area contributed by atoms with Crippen LogP contribution >= 0.6 is 0 Å². The van der Waals surface area contributed by atoms with Gasteiger partial charge in [-0.1, -0.05) is 0 Å². The average Bonchev–Trinajstić information content (AvgIpc) is 2.38. The predicted molar refractivity (Wildman–Crippen MR) is 75.6 cm³/mol. The lowest BCUT2D eigenvalue weighted by molar-refractivity contribution is -0.0672. The average molecular weight is 278 g/mol. The fraction of sp³-hybridized carbons (Fsp3) is 0.643. The second-order valence-corrected chi connectivity index (χ2v) is 5.29. The van der Waals surface area contributed by atoms with Gasteiger partial charge in [0.05, 0.1) is 23.5 Å². The molecule has 1 N–H and O–H groups in total. The third-order valence-corrected chi connectivity index (χ3v) is 3.36. The Hall–Kier alpha value is -1.53. The van der Waals surface area contributed by atoms with Crippen molar-refractivity contribution in [1.29, 1.82) is 0 Å². The van der Waals surface area contributed by atoms with Crippen molar-refractivity contribution >= 4 is 5.91 Å². The van der Waals surface area contributed by atoms with Gasteiger partial charge in [-0.05, 0) is 20.8 Å². The Kier molecular flexibility index (Phi) is 5.03. The standard InChI is InChI=1S/C14H22N4O2/c1-10-7-18(8-11(2)20-10)5-4-16-14(19)13-6-15-9-17-12(13)3/h6,9-11H,4-5,7-8H2,1-3H3,(H,16,19). The number of carbonyl (C=O) groups excluding carboxylic acids is 1. The van der Waals surface area contributed by atoms with Crippen molar-refractivity contribution in [2.24, 2.45) is 0 Å². The van der Waals surface area contributed by atoms with Gasteiger partial charge in [0, 0.05) is 32.4 Å². The SMILES string of the molecule is Cc1ncncc1C(=O)NCCN1CC(C)OC(C)C1. The molecule has 0 aromatic carbocycles. The van der Waals surface area contributed by atoms with Gasteiger partial charge in [-0.2, -0.15) is 0 Å². The van der Waals surface area contributed by atoms with Crippen LogP contribution in [-0.4, -0.2) is 59.2 Å². The molecule has 110 valence electrons. The normalized spacial score (nSPS) is 23.6. The number of aromatic nitrogens is 2. The second-order valence-electron chi connectivity index (χ2n) is 5.29. The third-order valence-electron chi connectivity index (χ3n) is 3.36. The van der Waals surface area contributed by atoms with Gasteiger partial charge in [0.1, 0.15) is 6.33 Å². The molecule has 1 aromatic rings. The molecule has 0 saturated carbocycles. The fourth-order valence-corrected chi connectivity index (χ4v) is 2.50. The van der Waals surface area contributed by atoms with Gasteiger partial charge >= 0.3 is 0 Å². The Bertz CT molecular complexity index is 456. The summed E-state index contributed by atoms with van der Waals surface area (Å²) in [6, 6.07) is 0. The lowest BCUT2D eigenvalue weighted by Gasteiger charge is -2.35. The Labute approximate surface area is 119 Å². The fourth-order valence-electron chi connectivity index (χ4n) is 2.50. The zero-order valence-corrected chi connectivity index (χ0v) is 12.3. The summed E-state index contributed by atoms with van der Waals surface area (Å²) in [7, 11) is 0. The van der Waals surface area contributed by atoms with E-state index in [9.17, 15) is 4.79 Å². The van der Waals surface area contributed by atoms with E-state index in [2.05, 4.69) is 34.0 Å². The molecule has 2 unspecified atom stereocenters. The number of nitrogens with zero attached hydrogens (tertiary/aromatic N) is 3. The number of nitrogens with one attached hydrogen (secondary N) is 1. The summed E-state index contributed by atoms with van der Waals surface area (Å²) in [4.78, 5) is 22.2. The van der Waals surface area contributed by atoms with Crippen LogP contribution in [0.25, 0.3) is 0 Å². The Morgan fingerprint density at radius 2 is 2.15 bits per heavy atom. The van der Waals surface area contributed by atoms with Gasteiger partial charge < -0.3 is 10.1 Å². The summed E-state index contributed by atoms with van der Waals surface area (Å²) >= 11 is 0. The molecule has 20 heavy (non-hydrogen) atoms. The van der Waals surface area contributed by atoms with E-state index >= 15 is 0 Å². The molecule has 1 saturated heterocycles. The highest BCUT2D eigenvalue weighted by Gasteiger charge is 2.21.